The second kappa shape index (κ2) is 9.23. The molecule has 0 radical (unpaired) electrons. The van der Waals surface area contributed by atoms with Gasteiger partial charge in [-0.05, 0) is 46.1 Å². The van der Waals surface area contributed by atoms with Crippen molar-refractivity contribution in [2.24, 2.45) is 0 Å². The first kappa shape index (κ1) is 21.7. The summed E-state index contributed by atoms with van der Waals surface area (Å²) in [4.78, 5) is 26.4. The topological polar surface area (TPSA) is 110 Å². The van der Waals surface area contributed by atoms with Crippen LogP contribution >= 0.6 is 11.6 Å². The first-order valence-corrected chi connectivity index (χ1v) is 10.1. The van der Waals surface area contributed by atoms with Crippen LogP contribution in [-0.4, -0.2) is 64.7 Å². The van der Waals surface area contributed by atoms with Crippen molar-refractivity contribution in [2.75, 3.05) is 32.5 Å². The quantitative estimate of drug-likeness (QED) is 0.413. The van der Waals surface area contributed by atoms with E-state index >= 15 is 0 Å². The van der Waals surface area contributed by atoms with Gasteiger partial charge in [-0.2, -0.15) is 0 Å². The predicted octanol–water partition coefficient (Wildman–Crippen LogP) is 3.14. The van der Waals surface area contributed by atoms with E-state index in [-0.39, 0.29) is 17.7 Å². The Labute approximate surface area is 180 Å². The van der Waals surface area contributed by atoms with Gasteiger partial charge >= 0.3 is 0 Å². The number of nitrogens with zero attached hydrogens (tertiary/aromatic N) is 3. The van der Waals surface area contributed by atoms with Gasteiger partial charge in [0.15, 0.2) is 5.65 Å². The molecule has 0 aliphatic rings. The number of carbonyl (C=O) groups is 1. The lowest BCUT2D eigenvalue weighted by atomic mass is 10.1. The summed E-state index contributed by atoms with van der Waals surface area (Å²) in [7, 11) is 3.99. The zero-order valence-corrected chi connectivity index (χ0v) is 18.3. The van der Waals surface area contributed by atoms with E-state index in [0.29, 0.717) is 39.6 Å². The summed E-state index contributed by atoms with van der Waals surface area (Å²) in [6.07, 6.45) is 3.12. The number of carbonyl (C=O) groups excluding carboxylic acids is 1. The monoisotopic (exact) mass is 427 g/mol. The lowest BCUT2D eigenvalue weighted by molar-refractivity contribution is 0.0944. The Balaban J connectivity index is 1.94. The molecule has 1 aromatic carbocycles. The van der Waals surface area contributed by atoms with E-state index in [0.717, 1.165) is 12.2 Å². The highest BCUT2D eigenvalue weighted by Gasteiger charge is 2.18. The third-order valence-electron chi connectivity index (χ3n) is 4.43. The Morgan fingerprint density at radius 1 is 1.30 bits per heavy atom. The van der Waals surface area contributed by atoms with Crippen LogP contribution in [0.4, 0.5) is 5.69 Å². The van der Waals surface area contributed by atoms with E-state index in [1.54, 1.807) is 24.4 Å². The predicted molar refractivity (Wildman–Crippen MR) is 121 cm³/mol. The largest absolute Gasteiger partial charge is 0.383 e. The van der Waals surface area contributed by atoms with Gasteiger partial charge in [-0.15, -0.1) is 0 Å². The van der Waals surface area contributed by atoms with Crippen LogP contribution in [0.15, 0.2) is 30.6 Å². The van der Waals surface area contributed by atoms with E-state index in [1.165, 1.54) is 6.20 Å². The van der Waals surface area contributed by atoms with E-state index in [1.807, 2.05) is 27.9 Å². The maximum atomic E-state index is 12.5. The molecule has 2 aromatic heterocycles. The molecule has 8 nitrogen and oxygen atoms in total. The molecule has 9 heteroatoms. The fraction of sp³-hybridized carbons (Fsp3) is 0.333. The molecule has 1 amide bonds. The first-order chi connectivity index (χ1) is 14.3. The Hall–Kier alpha value is -2.97. The molecule has 3 aromatic rings. The number of nitrogens with one attached hydrogen (secondary N) is 4. The van der Waals surface area contributed by atoms with E-state index in [2.05, 4.69) is 30.5 Å². The number of hydrogen-bond acceptors (Lipinski definition) is 6. The summed E-state index contributed by atoms with van der Waals surface area (Å²) in [5.41, 5.74) is 3.33. The summed E-state index contributed by atoms with van der Waals surface area (Å²) in [5, 5.41) is 15.5. The molecule has 0 atom stereocenters. The number of aromatic amines is 1. The normalized spacial score (nSPS) is 11.3. The molecule has 0 fully saturated rings. The van der Waals surface area contributed by atoms with Gasteiger partial charge in [0, 0.05) is 41.6 Å². The van der Waals surface area contributed by atoms with Crippen LogP contribution in [0.5, 0.6) is 0 Å². The van der Waals surface area contributed by atoms with Gasteiger partial charge in [0.1, 0.15) is 11.2 Å². The summed E-state index contributed by atoms with van der Waals surface area (Å²) in [6, 6.07) is 5.33. The number of H-pyrrole nitrogens is 1. The second-order valence-electron chi connectivity index (χ2n) is 7.58. The number of fused-ring (bicyclic) bond motifs is 1. The number of aromatic nitrogens is 3. The van der Waals surface area contributed by atoms with Crippen molar-refractivity contribution in [3.05, 3.63) is 52.4 Å². The fourth-order valence-electron chi connectivity index (χ4n) is 2.96. The molecular formula is C21H26ClN7O. The smallest absolute Gasteiger partial charge is 0.255 e. The number of rotatable bonds is 8. The fourth-order valence-corrected chi connectivity index (χ4v) is 3.13. The van der Waals surface area contributed by atoms with Crippen molar-refractivity contribution < 1.29 is 4.79 Å². The van der Waals surface area contributed by atoms with E-state index in [4.69, 9.17) is 17.0 Å². The van der Waals surface area contributed by atoms with Crippen LogP contribution in [0.2, 0.25) is 5.02 Å². The van der Waals surface area contributed by atoms with Crippen molar-refractivity contribution in [3.63, 3.8) is 0 Å². The zero-order valence-electron chi connectivity index (χ0n) is 17.5. The maximum Gasteiger partial charge on any atom is 0.255 e. The highest BCUT2D eigenvalue weighted by Crippen LogP contribution is 2.24. The van der Waals surface area contributed by atoms with Crippen LogP contribution in [0.1, 0.15) is 35.5 Å². The first-order valence-electron chi connectivity index (χ1n) is 9.68. The average Bonchev–Trinajstić information content (AvgIpc) is 3.10. The highest BCUT2D eigenvalue weighted by molar-refractivity contribution is 6.31. The molecule has 4 N–H and O–H groups in total. The Bertz CT molecular complexity index is 1070. The molecule has 30 heavy (non-hydrogen) atoms. The molecular weight excluding hydrogens is 402 g/mol. The molecule has 0 bridgehead atoms. The minimum atomic E-state index is -0.230. The van der Waals surface area contributed by atoms with Gasteiger partial charge in [0.05, 0.1) is 17.5 Å². The number of benzene rings is 1. The molecule has 0 aliphatic carbocycles. The summed E-state index contributed by atoms with van der Waals surface area (Å²) in [5.74, 6) is -0.230. The molecule has 3 rings (SSSR count). The van der Waals surface area contributed by atoms with Crippen molar-refractivity contribution in [1.82, 2.24) is 25.2 Å². The van der Waals surface area contributed by atoms with Crippen LogP contribution < -0.4 is 10.6 Å². The summed E-state index contributed by atoms with van der Waals surface area (Å²) >= 11 is 6.17. The minimum absolute atomic E-state index is 0.00163. The lowest BCUT2D eigenvalue weighted by Gasteiger charge is -2.15. The van der Waals surface area contributed by atoms with Crippen LogP contribution in [-0.2, 0) is 0 Å². The summed E-state index contributed by atoms with van der Waals surface area (Å²) < 4.78 is 0. The lowest BCUT2D eigenvalue weighted by Crippen LogP contribution is -2.30. The van der Waals surface area contributed by atoms with E-state index < -0.39 is 0 Å². The maximum absolute atomic E-state index is 12.5. The van der Waals surface area contributed by atoms with Gasteiger partial charge in [-0.25, -0.2) is 9.97 Å². The number of halogens is 1. The Morgan fingerprint density at radius 3 is 2.77 bits per heavy atom. The number of amides is 1. The average molecular weight is 428 g/mol. The van der Waals surface area contributed by atoms with Crippen LogP contribution in [0, 0.1) is 5.41 Å². The van der Waals surface area contributed by atoms with Crippen molar-refractivity contribution >= 4 is 40.1 Å². The van der Waals surface area contributed by atoms with Crippen LogP contribution in [0.25, 0.3) is 11.2 Å². The van der Waals surface area contributed by atoms with Gasteiger partial charge < -0.3 is 20.5 Å². The number of likely N-dealkylation sites (N-methyl/N-ethyl adjacent to an activating group) is 1. The molecule has 158 valence electrons. The summed E-state index contributed by atoms with van der Waals surface area (Å²) in [6.45, 7) is 5.33. The van der Waals surface area contributed by atoms with Gasteiger partial charge in [-0.3, -0.25) is 10.2 Å². The van der Waals surface area contributed by atoms with E-state index in [9.17, 15) is 4.79 Å². The van der Waals surface area contributed by atoms with Gasteiger partial charge in [0.2, 0.25) is 0 Å². The highest BCUT2D eigenvalue weighted by atomic mass is 35.5. The van der Waals surface area contributed by atoms with Gasteiger partial charge in [0.25, 0.3) is 5.91 Å². The van der Waals surface area contributed by atoms with Crippen LogP contribution in [0.3, 0.4) is 0 Å². The second-order valence-corrected chi connectivity index (χ2v) is 8.01. The molecule has 2 heterocycles. The Kier molecular flexibility index (Phi) is 6.69. The molecule has 0 spiro atoms. The van der Waals surface area contributed by atoms with Crippen molar-refractivity contribution in [2.45, 2.75) is 19.9 Å². The van der Waals surface area contributed by atoms with Crippen molar-refractivity contribution in [3.8, 4) is 0 Å². The van der Waals surface area contributed by atoms with Gasteiger partial charge in [-0.1, -0.05) is 11.6 Å². The molecule has 0 saturated carbocycles. The number of anilines is 1. The van der Waals surface area contributed by atoms with Crippen molar-refractivity contribution in [1.29, 1.82) is 5.41 Å². The third-order valence-corrected chi connectivity index (χ3v) is 4.66. The standard InChI is InChI=1S/C21H26ClN7O/c1-12(2)27-21(30)15-10-25-20-19(15)28-17(11-26-20)18(23)14-6-5-13(22)9-16(14)24-7-8-29(3)4/h5-6,9-12,23-24H,7-8H2,1-4H3,(H,25,26)(H,27,30). The molecule has 0 saturated heterocycles. The number of hydrogen-bond donors (Lipinski definition) is 4. The molecule has 0 unspecified atom stereocenters. The zero-order chi connectivity index (χ0) is 21.8. The molecule has 0 aliphatic heterocycles. The minimum Gasteiger partial charge on any atom is -0.383 e. The Morgan fingerprint density at radius 2 is 2.07 bits per heavy atom. The third kappa shape index (κ3) is 4.95. The SMILES string of the molecule is CC(C)NC(=O)c1c[nH]c2ncc(C(=N)c3ccc(Cl)cc3NCCN(C)C)nc12.